The van der Waals surface area contributed by atoms with Gasteiger partial charge in [0, 0.05) is 5.69 Å². The fourth-order valence-electron chi connectivity index (χ4n) is 1.57. The maximum Gasteiger partial charge on any atom is 0.276 e. The molecule has 6 heteroatoms. The first kappa shape index (κ1) is 14.1. The minimum Gasteiger partial charge on any atom is -0.399 e. The van der Waals surface area contributed by atoms with E-state index in [-0.39, 0.29) is 4.90 Å². The van der Waals surface area contributed by atoms with E-state index in [1.54, 1.807) is 6.92 Å². The summed E-state index contributed by atoms with van der Waals surface area (Å²) < 4.78 is 24.0. The molecule has 0 amide bonds. The molecule has 0 aliphatic rings. The number of nitrogens with two attached hydrogens (primary N) is 1. The van der Waals surface area contributed by atoms with Crippen molar-refractivity contribution in [2.45, 2.75) is 11.8 Å². The van der Waals surface area contributed by atoms with E-state index in [1.165, 1.54) is 24.3 Å². The van der Waals surface area contributed by atoms with Crippen LogP contribution in [0.25, 0.3) is 0 Å². The van der Waals surface area contributed by atoms with Crippen molar-refractivity contribution in [3.05, 3.63) is 60.2 Å². The number of nitrogen functional groups attached to an aromatic ring is 1. The van der Waals surface area contributed by atoms with Crippen molar-refractivity contribution < 1.29 is 8.42 Å². The van der Waals surface area contributed by atoms with E-state index in [0.29, 0.717) is 11.4 Å². The Balaban J connectivity index is 2.19. The Bertz CT molecular complexity index is 708. The summed E-state index contributed by atoms with van der Waals surface area (Å²) in [5.74, 6) is 0. The number of benzene rings is 2. The second-order valence-electron chi connectivity index (χ2n) is 4.23. The summed E-state index contributed by atoms with van der Waals surface area (Å²) >= 11 is 0. The van der Waals surface area contributed by atoms with E-state index < -0.39 is 10.0 Å². The minimum atomic E-state index is -3.67. The summed E-state index contributed by atoms with van der Waals surface area (Å²) in [7, 11) is -3.67. The Hall–Kier alpha value is -2.34. The van der Waals surface area contributed by atoms with Crippen molar-refractivity contribution >= 4 is 21.4 Å². The van der Waals surface area contributed by atoms with Crippen molar-refractivity contribution in [1.82, 2.24) is 4.83 Å². The van der Waals surface area contributed by atoms with Gasteiger partial charge in [0.15, 0.2) is 0 Å². The molecule has 0 aromatic heterocycles. The molecule has 0 bridgehead atoms. The van der Waals surface area contributed by atoms with Gasteiger partial charge >= 0.3 is 0 Å². The van der Waals surface area contributed by atoms with Crippen LogP contribution in [0.3, 0.4) is 0 Å². The molecule has 104 valence electrons. The van der Waals surface area contributed by atoms with Gasteiger partial charge in [-0.25, -0.2) is 0 Å². The van der Waals surface area contributed by atoms with Crippen LogP contribution in [0.5, 0.6) is 0 Å². The molecule has 20 heavy (non-hydrogen) atoms. The largest absolute Gasteiger partial charge is 0.399 e. The van der Waals surface area contributed by atoms with Crippen LogP contribution in [0.2, 0.25) is 0 Å². The highest BCUT2D eigenvalue weighted by atomic mass is 32.2. The van der Waals surface area contributed by atoms with Crippen LogP contribution < -0.4 is 10.6 Å². The summed E-state index contributed by atoms with van der Waals surface area (Å²) in [6, 6.07) is 15.3. The van der Waals surface area contributed by atoms with Crippen LogP contribution in [-0.4, -0.2) is 14.1 Å². The number of rotatable bonds is 4. The molecule has 0 unspecified atom stereocenters. The van der Waals surface area contributed by atoms with Crippen molar-refractivity contribution in [3.8, 4) is 0 Å². The molecule has 0 spiro atoms. The second-order valence-corrected chi connectivity index (χ2v) is 5.89. The van der Waals surface area contributed by atoms with Crippen LogP contribution in [0.1, 0.15) is 12.5 Å². The number of hydrogen-bond acceptors (Lipinski definition) is 4. The standard InChI is InChI=1S/C14H15N3O2S/c1-11(12-5-3-2-4-6-12)16-17-20(18,19)14-9-7-13(15)8-10-14/h2-10,17H,15H2,1H3. The topological polar surface area (TPSA) is 84.5 Å². The molecule has 0 saturated carbocycles. The summed E-state index contributed by atoms with van der Waals surface area (Å²) in [5, 5.41) is 3.91. The fraction of sp³-hybridized carbons (Fsp3) is 0.0714. The first-order valence-corrected chi connectivity index (χ1v) is 7.44. The van der Waals surface area contributed by atoms with Crippen LogP contribution in [0.4, 0.5) is 5.69 Å². The third-order valence-corrected chi connectivity index (χ3v) is 3.94. The van der Waals surface area contributed by atoms with E-state index in [9.17, 15) is 8.42 Å². The minimum absolute atomic E-state index is 0.122. The average Bonchev–Trinajstić information content (AvgIpc) is 2.46. The highest BCUT2D eigenvalue weighted by Crippen LogP contribution is 2.11. The Morgan fingerprint density at radius 3 is 2.25 bits per heavy atom. The first-order valence-electron chi connectivity index (χ1n) is 5.96. The molecule has 2 aromatic carbocycles. The summed E-state index contributed by atoms with van der Waals surface area (Å²) in [6.45, 7) is 1.74. The zero-order valence-corrected chi connectivity index (χ0v) is 11.8. The van der Waals surface area contributed by atoms with Gasteiger partial charge in [0.1, 0.15) is 0 Å². The number of nitrogens with one attached hydrogen (secondary N) is 1. The predicted molar refractivity (Wildman–Crippen MR) is 79.8 cm³/mol. The number of anilines is 1. The smallest absolute Gasteiger partial charge is 0.276 e. The molecule has 0 heterocycles. The van der Waals surface area contributed by atoms with Gasteiger partial charge in [0.25, 0.3) is 10.0 Å². The van der Waals surface area contributed by atoms with Gasteiger partial charge in [0.2, 0.25) is 0 Å². The molecule has 0 atom stereocenters. The summed E-state index contributed by atoms with van der Waals surface area (Å²) in [6.07, 6.45) is 0. The van der Waals surface area contributed by atoms with E-state index in [4.69, 9.17) is 5.73 Å². The van der Waals surface area contributed by atoms with Gasteiger partial charge in [-0.1, -0.05) is 30.3 Å². The Morgan fingerprint density at radius 2 is 1.65 bits per heavy atom. The summed E-state index contributed by atoms with van der Waals surface area (Å²) in [5.41, 5.74) is 7.47. The maximum atomic E-state index is 12.0. The zero-order chi connectivity index (χ0) is 14.6. The SMILES string of the molecule is CC(=NNS(=O)(=O)c1ccc(N)cc1)c1ccccc1. The molecule has 3 N–H and O–H groups in total. The predicted octanol–water partition coefficient (Wildman–Crippen LogP) is 1.97. The number of hydrogen-bond donors (Lipinski definition) is 2. The molecule has 2 rings (SSSR count). The lowest BCUT2D eigenvalue weighted by Crippen LogP contribution is -2.19. The lowest BCUT2D eigenvalue weighted by Gasteiger charge is -2.05. The van der Waals surface area contributed by atoms with Gasteiger partial charge < -0.3 is 5.73 Å². The third kappa shape index (κ3) is 3.36. The molecule has 0 aliphatic carbocycles. The Labute approximate surface area is 118 Å². The summed E-state index contributed by atoms with van der Waals surface area (Å²) in [4.78, 5) is 2.33. The van der Waals surface area contributed by atoms with Gasteiger partial charge in [-0.15, -0.1) is 0 Å². The van der Waals surface area contributed by atoms with Gasteiger partial charge in [-0.05, 0) is 36.8 Å². The maximum absolute atomic E-state index is 12.0. The molecule has 0 fully saturated rings. The van der Waals surface area contributed by atoms with E-state index in [2.05, 4.69) is 9.93 Å². The third-order valence-electron chi connectivity index (χ3n) is 2.72. The Morgan fingerprint density at radius 1 is 1.05 bits per heavy atom. The van der Waals surface area contributed by atoms with E-state index in [1.807, 2.05) is 30.3 Å². The van der Waals surface area contributed by atoms with E-state index >= 15 is 0 Å². The second kappa shape index (κ2) is 5.75. The lowest BCUT2D eigenvalue weighted by molar-refractivity contribution is 0.584. The highest BCUT2D eigenvalue weighted by Gasteiger charge is 2.12. The van der Waals surface area contributed by atoms with Crippen LogP contribution in [-0.2, 0) is 10.0 Å². The monoisotopic (exact) mass is 289 g/mol. The van der Waals surface area contributed by atoms with Gasteiger partial charge in [-0.2, -0.15) is 18.4 Å². The number of sulfonamides is 1. The van der Waals surface area contributed by atoms with Crippen molar-refractivity contribution in [1.29, 1.82) is 0 Å². The lowest BCUT2D eigenvalue weighted by atomic mass is 10.1. The van der Waals surface area contributed by atoms with Crippen molar-refractivity contribution in [2.24, 2.45) is 5.10 Å². The Kier molecular flexibility index (Phi) is 4.05. The van der Waals surface area contributed by atoms with Crippen molar-refractivity contribution in [3.63, 3.8) is 0 Å². The van der Waals surface area contributed by atoms with Crippen LogP contribution in [0.15, 0.2) is 64.6 Å². The number of nitrogens with zero attached hydrogens (tertiary/aromatic N) is 1. The van der Waals surface area contributed by atoms with Crippen molar-refractivity contribution in [2.75, 3.05) is 5.73 Å². The van der Waals surface area contributed by atoms with Crippen LogP contribution in [0, 0.1) is 0 Å². The fourth-order valence-corrected chi connectivity index (χ4v) is 2.43. The molecule has 2 aromatic rings. The van der Waals surface area contributed by atoms with Crippen LogP contribution >= 0.6 is 0 Å². The van der Waals surface area contributed by atoms with Gasteiger partial charge in [-0.3, -0.25) is 0 Å². The quantitative estimate of drug-likeness (QED) is 0.512. The highest BCUT2D eigenvalue weighted by molar-refractivity contribution is 7.89. The molecule has 0 saturated heterocycles. The molecular weight excluding hydrogens is 274 g/mol. The zero-order valence-electron chi connectivity index (χ0n) is 10.9. The van der Waals surface area contributed by atoms with Gasteiger partial charge in [0.05, 0.1) is 10.6 Å². The normalized spacial score (nSPS) is 12.2. The first-order chi connectivity index (χ1) is 9.49. The number of hydrazone groups is 1. The molecule has 0 radical (unpaired) electrons. The molecule has 5 nitrogen and oxygen atoms in total. The molecular formula is C14H15N3O2S. The average molecular weight is 289 g/mol. The molecule has 0 aliphatic heterocycles. The van der Waals surface area contributed by atoms with E-state index in [0.717, 1.165) is 5.56 Å².